The van der Waals surface area contributed by atoms with E-state index >= 15 is 0 Å². The largest absolute Gasteiger partial charge is 0.456 e. The number of likely N-dealkylation sites (N-methyl/N-ethyl adjacent to an activating group) is 2. The van der Waals surface area contributed by atoms with Gasteiger partial charge in [0.1, 0.15) is 17.4 Å². The number of ether oxygens (including phenoxy) is 1. The van der Waals surface area contributed by atoms with Crippen LogP contribution in [0.5, 0.6) is 0 Å². The fraction of sp³-hybridized carbons (Fsp3) is 0.600. The monoisotopic (exact) mass is 307 g/mol. The Labute approximate surface area is 129 Å². The third kappa shape index (κ3) is 2.50. The van der Waals surface area contributed by atoms with Crippen LogP contribution in [0.1, 0.15) is 16.3 Å². The number of nitrogens with zero attached hydrogens (tertiary/aromatic N) is 2. The van der Waals surface area contributed by atoms with Crippen LogP contribution in [0.3, 0.4) is 0 Å². The molecule has 2 amide bonds. The first kappa shape index (κ1) is 15.1. The number of hydrogen-bond acceptors (Lipinski definition) is 5. The smallest absolute Gasteiger partial charge is 0.289 e. The summed E-state index contributed by atoms with van der Waals surface area (Å²) >= 11 is 0. The van der Waals surface area contributed by atoms with Gasteiger partial charge in [0.05, 0.1) is 19.7 Å². The maximum atomic E-state index is 12.3. The number of carbonyl (C=O) groups excluding carboxylic acids is 2. The molecule has 2 fully saturated rings. The number of furan rings is 1. The van der Waals surface area contributed by atoms with Gasteiger partial charge in [0.15, 0.2) is 5.76 Å². The van der Waals surface area contributed by atoms with Gasteiger partial charge in [-0.3, -0.25) is 14.5 Å². The molecule has 2 aliphatic rings. The van der Waals surface area contributed by atoms with Crippen molar-refractivity contribution in [2.24, 2.45) is 0 Å². The van der Waals surface area contributed by atoms with Crippen molar-refractivity contribution < 1.29 is 18.7 Å². The first-order valence-electron chi connectivity index (χ1n) is 7.36. The van der Waals surface area contributed by atoms with Crippen LogP contribution in [-0.2, 0) is 9.53 Å². The summed E-state index contributed by atoms with van der Waals surface area (Å²) in [6.07, 6.45) is 0. The molecule has 120 valence electrons. The Hall–Kier alpha value is -1.86. The second kappa shape index (κ2) is 5.40. The van der Waals surface area contributed by atoms with Crippen molar-refractivity contribution in [1.29, 1.82) is 0 Å². The van der Waals surface area contributed by atoms with Crippen molar-refractivity contribution in [1.82, 2.24) is 15.1 Å². The molecule has 2 aliphatic heterocycles. The van der Waals surface area contributed by atoms with Gasteiger partial charge in [0.25, 0.3) is 5.91 Å². The van der Waals surface area contributed by atoms with E-state index in [2.05, 4.69) is 5.32 Å². The SMILES string of the molecule is CNC(=O)C1COC2(CN(C(=O)c3ccc(C)o3)C2)CN1C. The summed E-state index contributed by atoms with van der Waals surface area (Å²) in [5.74, 6) is 0.925. The number of rotatable bonds is 2. The zero-order chi connectivity index (χ0) is 15.9. The zero-order valence-corrected chi connectivity index (χ0v) is 13.1. The molecule has 0 saturated carbocycles. The van der Waals surface area contributed by atoms with Crippen LogP contribution in [0.15, 0.2) is 16.5 Å². The molecule has 1 aromatic heterocycles. The minimum absolute atomic E-state index is 0.0457. The summed E-state index contributed by atoms with van der Waals surface area (Å²) in [5.41, 5.74) is -0.365. The number of carbonyl (C=O) groups is 2. The second-order valence-corrected chi connectivity index (χ2v) is 6.11. The van der Waals surface area contributed by atoms with E-state index in [-0.39, 0.29) is 23.5 Å². The third-order valence-corrected chi connectivity index (χ3v) is 4.36. The molecule has 3 rings (SSSR count). The molecule has 1 atom stereocenters. The van der Waals surface area contributed by atoms with Gasteiger partial charge in [-0.25, -0.2) is 0 Å². The molecule has 1 spiro atoms. The number of aryl methyl sites for hydroxylation is 1. The Balaban J connectivity index is 1.59. The van der Waals surface area contributed by atoms with E-state index in [4.69, 9.17) is 9.15 Å². The maximum Gasteiger partial charge on any atom is 0.289 e. The molecular weight excluding hydrogens is 286 g/mol. The highest BCUT2D eigenvalue weighted by Gasteiger charge is 2.51. The summed E-state index contributed by atoms with van der Waals surface area (Å²) < 4.78 is 11.3. The van der Waals surface area contributed by atoms with Crippen molar-refractivity contribution in [3.63, 3.8) is 0 Å². The van der Waals surface area contributed by atoms with Crippen LogP contribution in [0.25, 0.3) is 0 Å². The number of amides is 2. The van der Waals surface area contributed by atoms with Gasteiger partial charge < -0.3 is 19.4 Å². The number of likely N-dealkylation sites (tertiary alicyclic amines) is 1. The lowest BCUT2D eigenvalue weighted by Gasteiger charge is -2.54. The van der Waals surface area contributed by atoms with E-state index in [0.29, 0.717) is 32.0 Å². The van der Waals surface area contributed by atoms with Crippen LogP contribution in [0.2, 0.25) is 0 Å². The minimum atomic E-state index is -0.365. The van der Waals surface area contributed by atoms with E-state index in [0.717, 1.165) is 5.76 Å². The van der Waals surface area contributed by atoms with Gasteiger partial charge in [-0.15, -0.1) is 0 Å². The lowest BCUT2D eigenvalue weighted by molar-refractivity contribution is -0.187. The van der Waals surface area contributed by atoms with Crippen LogP contribution >= 0.6 is 0 Å². The Kier molecular flexibility index (Phi) is 3.70. The standard InChI is InChI=1S/C15H21N3O4/c1-10-4-5-12(22-10)14(20)18-8-15(9-18)7-17(3)11(6-21-15)13(19)16-2/h4-5,11H,6-9H2,1-3H3,(H,16,19). The molecule has 0 aliphatic carbocycles. The molecule has 1 N–H and O–H groups in total. The van der Waals surface area contributed by atoms with Gasteiger partial charge in [-0.05, 0) is 26.1 Å². The van der Waals surface area contributed by atoms with Crippen LogP contribution in [-0.4, -0.2) is 73.6 Å². The van der Waals surface area contributed by atoms with Crippen molar-refractivity contribution in [3.8, 4) is 0 Å². The Bertz CT molecular complexity index is 591. The van der Waals surface area contributed by atoms with Gasteiger partial charge in [0.2, 0.25) is 5.91 Å². The van der Waals surface area contributed by atoms with Gasteiger partial charge in [0, 0.05) is 13.6 Å². The molecule has 3 heterocycles. The molecule has 22 heavy (non-hydrogen) atoms. The van der Waals surface area contributed by atoms with Crippen molar-refractivity contribution in [2.45, 2.75) is 18.6 Å². The van der Waals surface area contributed by atoms with Crippen molar-refractivity contribution in [2.75, 3.05) is 40.3 Å². The first-order chi connectivity index (χ1) is 10.4. The van der Waals surface area contributed by atoms with E-state index in [1.807, 2.05) is 18.9 Å². The maximum absolute atomic E-state index is 12.3. The molecular formula is C15H21N3O4. The molecule has 0 aromatic carbocycles. The van der Waals surface area contributed by atoms with Crippen molar-refractivity contribution in [3.05, 3.63) is 23.7 Å². The zero-order valence-electron chi connectivity index (χ0n) is 13.1. The van der Waals surface area contributed by atoms with E-state index in [1.54, 1.807) is 24.1 Å². The predicted molar refractivity (Wildman–Crippen MR) is 78.5 cm³/mol. The predicted octanol–water partition coefficient (Wildman–Crippen LogP) is -0.141. The fourth-order valence-corrected chi connectivity index (χ4v) is 3.13. The summed E-state index contributed by atoms with van der Waals surface area (Å²) in [6, 6.07) is 3.20. The highest BCUT2D eigenvalue weighted by Crippen LogP contribution is 2.31. The molecule has 0 radical (unpaired) electrons. The topological polar surface area (TPSA) is 75.0 Å². The number of morpholine rings is 1. The Morgan fingerprint density at radius 3 is 2.59 bits per heavy atom. The summed E-state index contributed by atoms with van der Waals surface area (Å²) in [5, 5.41) is 2.64. The van der Waals surface area contributed by atoms with E-state index < -0.39 is 0 Å². The highest BCUT2D eigenvalue weighted by molar-refractivity contribution is 5.92. The van der Waals surface area contributed by atoms with Crippen LogP contribution in [0, 0.1) is 6.92 Å². The van der Waals surface area contributed by atoms with Gasteiger partial charge in [-0.1, -0.05) is 0 Å². The second-order valence-electron chi connectivity index (χ2n) is 6.11. The third-order valence-electron chi connectivity index (χ3n) is 4.36. The number of hydrogen-bond donors (Lipinski definition) is 1. The molecule has 2 saturated heterocycles. The summed E-state index contributed by atoms with van der Waals surface area (Å²) in [6.45, 7) is 3.84. The average Bonchev–Trinajstić information content (AvgIpc) is 2.89. The highest BCUT2D eigenvalue weighted by atomic mass is 16.5. The van der Waals surface area contributed by atoms with Crippen molar-refractivity contribution >= 4 is 11.8 Å². The summed E-state index contributed by atoms with van der Waals surface area (Å²) in [7, 11) is 3.53. The number of nitrogens with one attached hydrogen (secondary N) is 1. The van der Waals surface area contributed by atoms with Gasteiger partial charge >= 0.3 is 0 Å². The quantitative estimate of drug-likeness (QED) is 0.823. The molecule has 1 aromatic rings. The Morgan fingerprint density at radius 1 is 1.32 bits per heavy atom. The molecule has 0 bridgehead atoms. The van der Waals surface area contributed by atoms with Crippen LogP contribution in [0.4, 0.5) is 0 Å². The Morgan fingerprint density at radius 2 is 2.05 bits per heavy atom. The lowest BCUT2D eigenvalue weighted by atomic mass is 9.90. The first-order valence-corrected chi connectivity index (χ1v) is 7.36. The van der Waals surface area contributed by atoms with E-state index in [9.17, 15) is 9.59 Å². The molecule has 7 nitrogen and oxygen atoms in total. The molecule has 1 unspecified atom stereocenters. The van der Waals surface area contributed by atoms with Crippen LogP contribution < -0.4 is 5.32 Å². The minimum Gasteiger partial charge on any atom is -0.456 e. The summed E-state index contributed by atoms with van der Waals surface area (Å²) in [4.78, 5) is 27.7. The van der Waals surface area contributed by atoms with Gasteiger partial charge in [-0.2, -0.15) is 0 Å². The van der Waals surface area contributed by atoms with E-state index in [1.165, 1.54) is 0 Å². The normalized spacial score (nSPS) is 24.1. The fourth-order valence-electron chi connectivity index (χ4n) is 3.13. The lowest BCUT2D eigenvalue weighted by Crippen LogP contribution is -2.73. The molecule has 7 heteroatoms. The average molecular weight is 307 g/mol.